The first-order valence-corrected chi connectivity index (χ1v) is 7.51. The molecule has 0 spiro atoms. The molecule has 0 radical (unpaired) electrons. The lowest BCUT2D eigenvalue weighted by molar-refractivity contribution is 0.0697. The van der Waals surface area contributed by atoms with Crippen molar-refractivity contribution in [3.8, 4) is 0 Å². The van der Waals surface area contributed by atoms with Gasteiger partial charge in [0.1, 0.15) is 0 Å². The van der Waals surface area contributed by atoms with Gasteiger partial charge in [-0.2, -0.15) is 0 Å². The zero-order valence-electron chi connectivity index (χ0n) is 10.0. The quantitative estimate of drug-likeness (QED) is 0.892. The van der Waals surface area contributed by atoms with Crippen LogP contribution in [0.5, 0.6) is 0 Å². The number of hydrogen-bond donors (Lipinski definition) is 1. The maximum absolute atomic E-state index is 11.4. The monoisotopic (exact) mass is 269 g/mol. The highest BCUT2D eigenvalue weighted by Gasteiger charge is 2.29. The average Bonchev–Trinajstić information content (AvgIpc) is 2.78. The van der Waals surface area contributed by atoms with Crippen LogP contribution < -0.4 is 0 Å². The van der Waals surface area contributed by atoms with E-state index in [2.05, 4.69) is 0 Å². The van der Waals surface area contributed by atoms with Gasteiger partial charge in [0, 0.05) is 13.1 Å². The molecular weight excluding hydrogens is 254 g/mol. The van der Waals surface area contributed by atoms with Crippen molar-refractivity contribution in [3.63, 3.8) is 0 Å². The van der Waals surface area contributed by atoms with Gasteiger partial charge in [-0.1, -0.05) is 12.1 Å². The first-order valence-electron chi connectivity index (χ1n) is 5.66. The van der Waals surface area contributed by atoms with Crippen LogP contribution >= 0.6 is 0 Å². The second-order valence-corrected chi connectivity index (χ2v) is 6.52. The molecule has 0 bridgehead atoms. The van der Waals surface area contributed by atoms with E-state index in [0.29, 0.717) is 13.1 Å². The fourth-order valence-electron chi connectivity index (χ4n) is 2.20. The van der Waals surface area contributed by atoms with Crippen molar-refractivity contribution >= 4 is 16.0 Å². The van der Waals surface area contributed by atoms with Gasteiger partial charge in [0.25, 0.3) is 0 Å². The van der Waals surface area contributed by atoms with Crippen molar-refractivity contribution < 1.29 is 18.3 Å². The molecule has 0 aliphatic carbocycles. The van der Waals surface area contributed by atoms with Gasteiger partial charge in [0.2, 0.25) is 10.0 Å². The highest BCUT2D eigenvalue weighted by atomic mass is 32.2. The number of sulfonamides is 1. The second-order valence-electron chi connectivity index (χ2n) is 4.53. The van der Waals surface area contributed by atoms with Crippen molar-refractivity contribution in [3.05, 3.63) is 35.4 Å². The third-order valence-electron chi connectivity index (χ3n) is 3.25. The van der Waals surface area contributed by atoms with Crippen molar-refractivity contribution in [2.75, 3.05) is 19.3 Å². The number of rotatable bonds is 3. The molecule has 6 heteroatoms. The van der Waals surface area contributed by atoms with Crippen LogP contribution in [-0.4, -0.2) is 43.1 Å². The first kappa shape index (κ1) is 13.0. The Hall–Kier alpha value is -1.40. The molecular formula is C12H15NO4S. The molecule has 5 nitrogen and oxygen atoms in total. The molecule has 1 atom stereocenters. The van der Waals surface area contributed by atoms with E-state index in [-0.39, 0.29) is 11.5 Å². The Morgan fingerprint density at radius 1 is 1.33 bits per heavy atom. The standard InChI is InChI=1S/C12H15NO4S/c1-18(16,17)13-7-6-11(8-13)9-2-4-10(5-3-9)12(14)15/h2-5,11H,6-8H2,1H3,(H,14,15). The highest BCUT2D eigenvalue weighted by Crippen LogP contribution is 2.28. The number of nitrogens with zero attached hydrogens (tertiary/aromatic N) is 1. The van der Waals surface area contributed by atoms with Crippen molar-refractivity contribution in [2.45, 2.75) is 12.3 Å². The normalized spacial score (nSPS) is 21.1. The maximum atomic E-state index is 11.4. The summed E-state index contributed by atoms with van der Waals surface area (Å²) in [6, 6.07) is 6.64. The Kier molecular flexibility index (Phi) is 3.41. The summed E-state index contributed by atoms with van der Waals surface area (Å²) in [6.45, 7) is 1.01. The van der Waals surface area contributed by atoms with E-state index in [1.54, 1.807) is 24.3 Å². The molecule has 0 amide bonds. The van der Waals surface area contributed by atoms with E-state index in [1.165, 1.54) is 10.6 Å². The minimum Gasteiger partial charge on any atom is -0.478 e. The first-order chi connectivity index (χ1) is 8.38. The largest absolute Gasteiger partial charge is 0.478 e. The van der Waals surface area contributed by atoms with E-state index in [0.717, 1.165) is 12.0 Å². The lowest BCUT2D eigenvalue weighted by Crippen LogP contribution is -2.27. The number of hydrogen-bond acceptors (Lipinski definition) is 3. The highest BCUT2D eigenvalue weighted by molar-refractivity contribution is 7.88. The Balaban J connectivity index is 2.12. The summed E-state index contributed by atoms with van der Waals surface area (Å²) in [4.78, 5) is 10.7. The van der Waals surface area contributed by atoms with Crippen LogP contribution in [0.15, 0.2) is 24.3 Å². The van der Waals surface area contributed by atoms with E-state index >= 15 is 0 Å². The minimum atomic E-state index is -3.13. The van der Waals surface area contributed by atoms with E-state index in [4.69, 9.17) is 5.11 Å². The second kappa shape index (κ2) is 4.70. The summed E-state index contributed by atoms with van der Waals surface area (Å²) < 4.78 is 24.3. The summed E-state index contributed by atoms with van der Waals surface area (Å²) in [6.07, 6.45) is 1.99. The molecule has 0 aromatic heterocycles. The summed E-state index contributed by atoms with van der Waals surface area (Å²) in [7, 11) is -3.13. The van der Waals surface area contributed by atoms with Crippen LogP contribution in [-0.2, 0) is 10.0 Å². The van der Waals surface area contributed by atoms with Gasteiger partial charge in [-0.3, -0.25) is 0 Å². The van der Waals surface area contributed by atoms with Crippen molar-refractivity contribution in [2.24, 2.45) is 0 Å². The zero-order chi connectivity index (χ0) is 13.3. The molecule has 1 aromatic carbocycles. The molecule has 1 aromatic rings. The topological polar surface area (TPSA) is 74.7 Å². The van der Waals surface area contributed by atoms with Gasteiger partial charge < -0.3 is 5.11 Å². The van der Waals surface area contributed by atoms with Gasteiger partial charge in [-0.15, -0.1) is 0 Å². The van der Waals surface area contributed by atoms with Crippen LogP contribution in [0.1, 0.15) is 28.3 Å². The SMILES string of the molecule is CS(=O)(=O)N1CCC(c2ccc(C(=O)O)cc2)C1. The third-order valence-corrected chi connectivity index (χ3v) is 4.52. The Labute approximate surface area is 106 Å². The number of benzene rings is 1. The number of aromatic carboxylic acids is 1. The van der Waals surface area contributed by atoms with Gasteiger partial charge in [-0.05, 0) is 30.0 Å². The van der Waals surface area contributed by atoms with Gasteiger partial charge in [-0.25, -0.2) is 17.5 Å². The fourth-order valence-corrected chi connectivity index (χ4v) is 3.09. The van der Waals surface area contributed by atoms with Gasteiger partial charge >= 0.3 is 5.97 Å². The van der Waals surface area contributed by atoms with Crippen LogP contribution in [0.25, 0.3) is 0 Å². The average molecular weight is 269 g/mol. The van der Waals surface area contributed by atoms with E-state index < -0.39 is 16.0 Å². The van der Waals surface area contributed by atoms with Gasteiger partial charge in [0.15, 0.2) is 0 Å². The Bertz CT molecular complexity index is 550. The summed E-state index contributed by atoms with van der Waals surface area (Å²) in [5.41, 5.74) is 1.24. The predicted octanol–water partition coefficient (Wildman–Crippen LogP) is 1.13. The number of carbonyl (C=O) groups is 1. The van der Waals surface area contributed by atoms with Crippen LogP contribution in [0, 0.1) is 0 Å². The zero-order valence-corrected chi connectivity index (χ0v) is 10.9. The molecule has 1 aliphatic heterocycles. The Morgan fingerprint density at radius 2 is 1.94 bits per heavy atom. The summed E-state index contributed by atoms with van der Waals surface area (Å²) >= 11 is 0. The van der Waals surface area contributed by atoms with Gasteiger partial charge in [0.05, 0.1) is 11.8 Å². The molecule has 1 N–H and O–H groups in total. The van der Waals surface area contributed by atoms with Crippen molar-refractivity contribution in [1.29, 1.82) is 0 Å². The molecule has 18 heavy (non-hydrogen) atoms. The van der Waals surface area contributed by atoms with E-state index in [9.17, 15) is 13.2 Å². The summed E-state index contributed by atoms with van der Waals surface area (Å²) in [5.74, 6) is -0.798. The van der Waals surface area contributed by atoms with Crippen LogP contribution in [0.2, 0.25) is 0 Å². The van der Waals surface area contributed by atoms with Crippen LogP contribution in [0.3, 0.4) is 0 Å². The molecule has 1 saturated heterocycles. The van der Waals surface area contributed by atoms with E-state index in [1.807, 2.05) is 0 Å². The fraction of sp³-hybridized carbons (Fsp3) is 0.417. The third kappa shape index (κ3) is 2.70. The summed E-state index contributed by atoms with van der Waals surface area (Å²) in [5, 5.41) is 8.80. The predicted molar refractivity (Wildman–Crippen MR) is 67.2 cm³/mol. The lowest BCUT2D eigenvalue weighted by atomic mass is 9.97. The van der Waals surface area contributed by atoms with Crippen molar-refractivity contribution in [1.82, 2.24) is 4.31 Å². The number of carboxylic acids is 1. The lowest BCUT2D eigenvalue weighted by Gasteiger charge is -2.13. The molecule has 1 unspecified atom stereocenters. The Morgan fingerprint density at radius 3 is 2.39 bits per heavy atom. The minimum absolute atomic E-state index is 0.155. The molecule has 1 fully saturated rings. The number of carboxylic acid groups (broad SMARTS) is 1. The maximum Gasteiger partial charge on any atom is 0.335 e. The molecule has 0 saturated carbocycles. The van der Waals surface area contributed by atoms with Crippen LogP contribution in [0.4, 0.5) is 0 Å². The molecule has 1 aliphatic rings. The molecule has 2 rings (SSSR count). The molecule has 98 valence electrons. The molecule has 1 heterocycles. The smallest absolute Gasteiger partial charge is 0.335 e.